The Labute approximate surface area is 109 Å². The summed E-state index contributed by atoms with van der Waals surface area (Å²) in [5.74, 6) is 3.27. The fourth-order valence-corrected chi connectivity index (χ4v) is 5.25. The fourth-order valence-electron chi connectivity index (χ4n) is 1.43. The average Bonchev–Trinajstić information content (AvgIpc) is 2.75. The van der Waals surface area contributed by atoms with Gasteiger partial charge in [-0.3, -0.25) is 5.10 Å². The van der Waals surface area contributed by atoms with Crippen molar-refractivity contribution in [2.45, 2.75) is 10.1 Å². The summed E-state index contributed by atoms with van der Waals surface area (Å²) in [6, 6.07) is 0. The van der Waals surface area contributed by atoms with Crippen LogP contribution in [0.5, 0.6) is 0 Å². The number of anilines is 1. The number of hydrogen-bond acceptors (Lipinski definition) is 6. The molecule has 96 valence electrons. The van der Waals surface area contributed by atoms with Crippen molar-refractivity contribution < 1.29 is 8.42 Å². The number of nitrogens with one attached hydrogen (secondary N) is 2. The summed E-state index contributed by atoms with van der Waals surface area (Å²) in [5.41, 5.74) is 5.49. The second kappa shape index (κ2) is 5.51. The highest BCUT2D eigenvalue weighted by molar-refractivity contribution is 8.06. The van der Waals surface area contributed by atoms with Crippen molar-refractivity contribution in [3.05, 3.63) is 6.20 Å². The number of hydrogen-bond donors (Lipinski definition) is 3. The molecule has 0 bridgehead atoms. The minimum Gasteiger partial charge on any atom is -0.383 e. The highest BCUT2D eigenvalue weighted by Crippen LogP contribution is 2.24. The molecule has 4 N–H and O–H groups in total. The van der Waals surface area contributed by atoms with Crippen LogP contribution in [-0.4, -0.2) is 47.7 Å². The van der Waals surface area contributed by atoms with Crippen LogP contribution in [-0.2, 0) is 10.0 Å². The maximum atomic E-state index is 11.9. The van der Waals surface area contributed by atoms with Crippen LogP contribution in [0.3, 0.4) is 0 Å². The molecule has 1 aromatic rings. The molecule has 1 aliphatic rings. The van der Waals surface area contributed by atoms with E-state index in [9.17, 15) is 8.42 Å². The van der Waals surface area contributed by atoms with Crippen molar-refractivity contribution in [3.8, 4) is 0 Å². The van der Waals surface area contributed by atoms with Crippen LogP contribution in [0.15, 0.2) is 11.1 Å². The standard InChI is InChI=1S/C8H14N4O2S3/c9-8-7(4-10-12-8)17(13,14)11-3-6-5-15-1-2-16-6/h4,6,11H,1-3,5H2,(H3,9,10,12). The van der Waals surface area contributed by atoms with Gasteiger partial charge in [0.2, 0.25) is 10.0 Å². The molecule has 0 aromatic carbocycles. The summed E-state index contributed by atoms with van der Waals surface area (Å²) >= 11 is 3.66. The lowest BCUT2D eigenvalue weighted by Gasteiger charge is -2.20. The number of nitrogens with zero attached hydrogens (tertiary/aromatic N) is 1. The van der Waals surface area contributed by atoms with E-state index in [1.54, 1.807) is 11.8 Å². The Balaban J connectivity index is 1.96. The van der Waals surface area contributed by atoms with Crippen LogP contribution in [0.1, 0.15) is 0 Å². The molecule has 0 radical (unpaired) electrons. The normalized spacial score (nSPS) is 21.5. The van der Waals surface area contributed by atoms with Crippen LogP contribution in [0.25, 0.3) is 0 Å². The molecule has 2 heterocycles. The summed E-state index contributed by atoms with van der Waals surface area (Å²) in [4.78, 5) is 0.0194. The quantitative estimate of drug-likeness (QED) is 0.729. The highest BCUT2D eigenvalue weighted by Gasteiger charge is 2.22. The second-order valence-electron chi connectivity index (χ2n) is 3.57. The molecule has 0 amide bonds. The maximum absolute atomic E-state index is 11.9. The Kier molecular flexibility index (Phi) is 4.23. The molecule has 1 aromatic heterocycles. The Morgan fingerprint density at radius 1 is 1.59 bits per heavy atom. The van der Waals surface area contributed by atoms with Gasteiger partial charge < -0.3 is 5.73 Å². The number of H-pyrrole nitrogens is 1. The first kappa shape index (κ1) is 13.1. The minimum atomic E-state index is -3.54. The SMILES string of the molecule is Nc1[nH]ncc1S(=O)(=O)NCC1CSCCS1. The lowest BCUT2D eigenvalue weighted by Crippen LogP contribution is -2.33. The third-order valence-corrected chi connectivity index (χ3v) is 6.60. The predicted octanol–water partition coefficient (Wildman–Crippen LogP) is 0.119. The third kappa shape index (κ3) is 3.30. The molecule has 1 atom stereocenters. The van der Waals surface area contributed by atoms with Crippen LogP contribution < -0.4 is 10.5 Å². The van der Waals surface area contributed by atoms with Crippen molar-refractivity contribution in [1.29, 1.82) is 0 Å². The van der Waals surface area contributed by atoms with Gasteiger partial charge in [-0.15, -0.1) is 0 Å². The van der Waals surface area contributed by atoms with E-state index in [-0.39, 0.29) is 10.7 Å². The molecule has 1 fully saturated rings. The third-order valence-electron chi connectivity index (χ3n) is 2.31. The van der Waals surface area contributed by atoms with Crippen LogP contribution >= 0.6 is 23.5 Å². The summed E-state index contributed by atoms with van der Waals surface area (Å²) in [6.45, 7) is 0.435. The number of aromatic amines is 1. The molecule has 0 spiro atoms. The topological polar surface area (TPSA) is 101 Å². The minimum absolute atomic E-state index is 0.0194. The predicted molar refractivity (Wildman–Crippen MR) is 71.8 cm³/mol. The lowest BCUT2D eigenvalue weighted by molar-refractivity contribution is 0.582. The van der Waals surface area contributed by atoms with Crippen molar-refractivity contribution in [2.24, 2.45) is 0 Å². The fraction of sp³-hybridized carbons (Fsp3) is 0.625. The lowest BCUT2D eigenvalue weighted by atomic mass is 10.5. The van der Waals surface area contributed by atoms with Gasteiger partial charge in [-0.2, -0.15) is 28.6 Å². The molecule has 1 saturated heterocycles. The monoisotopic (exact) mass is 294 g/mol. The first-order chi connectivity index (χ1) is 8.09. The molecule has 9 heteroatoms. The molecule has 1 aliphatic heterocycles. The van der Waals surface area contributed by atoms with Crippen molar-refractivity contribution in [3.63, 3.8) is 0 Å². The van der Waals surface area contributed by atoms with Crippen molar-refractivity contribution >= 4 is 39.4 Å². The molecule has 0 saturated carbocycles. The Bertz CT molecular complexity index is 467. The second-order valence-corrected chi connectivity index (χ2v) is 7.86. The van der Waals surface area contributed by atoms with E-state index >= 15 is 0 Å². The molecule has 1 unspecified atom stereocenters. The van der Waals surface area contributed by atoms with Crippen molar-refractivity contribution in [2.75, 3.05) is 29.5 Å². The van der Waals surface area contributed by atoms with E-state index < -0.39 is 10.0 Å². The maximum Gasteiger partial charge on any atom is 0.245 e. The average molecular weight is 294 g/mol. The molecule has 2 rings (SSSR count). The summed E-state index contributed by atoms with van der Waals surface area (Å²) < 4.78 is 26.3. The van der Waals surface area contributed by atoms with Gasteiger partial charge in [-0.1, -0.05) is 0 Å². The van der Waals surface area contributed by atoms with Crippen LogP contribution in [0.4, 0.5) is 5.82 Å². The molecular formula is C8H14N4O2S3. The summed E-state index contributed by atoms with van der Waals surface area (Å²) in [6.07, 6.45) is 1.22. The van der Waals surface area contributed by atoms with Crippen LogP contribution in [0, 0.1) is 0 Å². The van der Waals surface area contributed by atoms with Gasteiger partial charge in [-0.25, -0.2) is 13.1 Å². The Morgan fingerprint density at radius 3 is 3.00 bits per heavy atom. The van der Waals surface area contributed by atoms with E-state index in [0.717, 1.165) is 17.3 Å². The smallest absolute Gasteiger partial charge is 0.245 e. The van der Waals surface area contributed by atoms with E-state index in [1.807, 2.05) is 11.8 Å². The van der Waals surface area contributed by atoms with Gasteiger partial charge in [0.15, 0.2) is 0 Å². The number of rotatable bonds is 4. The number of thioether (sulfide) groups is 2. The van der Waals surface area contributed by atoms with E-state index in [1.165, 1.54) is 6.20 Å². The molecular weight excluding hydrogens is 280 g/mol. The van der Waals surface area contributed by atoms with Gasteiger partial charge in [-0.05, 0) is 0 Å². The zero-order valence-corrected chi connectivity index (χ0v) is 11.5. The van der Waals surface area contributed by atoms with Gasteiger partial charge in [0.05, 0.1) is 6.20 Å². The van der Waals surface area contributed by atoms with Gasteiger partial charge >= 0.3 is 0 Å². The zero-order chi connectivity index (χ0) is 12.3. The van der Waals surface area contributed by atoms with Gasteiger partial charge in [0, 0.05) is 29.1 Å². The zero-order valence-electron chi connectivity index (χ0n) is 9.05. The highest BCUT2D eigenvalue weighted by atomic mass is 32.2. The van der Waals surface area contributed by atoms with Gasteiger partial charge in [0.25, 0.3) is 0 Å². The molecule has 6 nitrogen and oxygen atoms in total. The van der Waals surface area contributed by atoms with E-state index in [0.29, 0.717) is 11.8 Å². The number of aromatic nitrogens is 2. The first-order valence-corrected chi connectivity index (χ1v) is 8.76. The first-order valence-electron chi connectivity index (χ1n) is 5.07. The van der Waals surface area contributed by atoms with Crippen molar-refractivity contribution in [1.82, 2.24) is 14.9 Å². The Morgan fingerprint density at radius 2 is 2.41 bits per heavy atom. The summed E-state index contributed by atoms with van der Waals surface area (Å²) in [5, 5.41) is 6.35. The number of sulfonamides is 1. The van der Waals surface area contributed by atoms with E-state index in [2.05, 4.69) is 14.9 Å². The number of nitrogen functional groups attached to an aromatic ring is 1. The van der Waals surface area contributed by atoms with Gasteiger partial charge in [0.1, 0.15) is 10.7 Å². The largest absolute Gasteiger partial charge is 0.383 e. The molecule has 0 aliphatic carbocycles. The Hall–Kier alpha value is -0.380. The van der Waals surface area contributed by atoms with E-state index in [4.69, 9.17) is 5.73 Å². The van der Waals surface area contributed by atoms with Crippen LogP contribution in [0.2, 0.25) is 0 Å². The molecule has 17 heavy (non-hydrogen) atoms. The number of nitrogens with two attached hydrogens (primary N) is 1. The summed E-state index contributed by atoms with van der Waals surface area (Å²) in [7, 11) is -3.54.